The fourth-order valence-electron chi connectivity index (χ4n) is 3.09. The van der Waals surface area contributed by atoms with Gasteiger partial charge in [0.2, 0.25) is 5.91 Å². The van der Waals surface area contributed by atoms with Crippen molar-refractivity contribution in [1.29, 1.82) is 0 Å². The first-order valence-corrected chi connectivity index (χ1v) is 8.20. The summed E-state index contributed by atoms with van der Waals surface area (Å²) in [6.07, 6.45) is 2.66. The summed E-state index contributed by atoms with van der Waals surface area (Å²) in [6.45, 7) is 9.57. The molecule has 1 saturated heterocycles. The van der Waals surface area contributed by atoms with Gasteiger partial charge in [0.25, 0.3) is 0 Å². The fourth-order valence-corrected chi connectivity index (χ4v) is 3.09. The third kappa shape index (κ3) is 6.76. The summed E-state index contributed by atoms with van der Waals surface area (Å²) in [6, 6.07) is -0.370. The van der Waals surface area contributed by atoms with Crippen LogP contribution in [0.5, 0.6) is 0 Å². The molecule has 1 heterocycles. The maximum Gasteiger partial charge on any atom is 0.239 e. The zero-order valence-electron chi connectivity index (χ0n) is 14.1. The number of amides is 1. The topological polar surface area (TPSA) is 69.8 Å². The third-order valence-electron chi connectivity index (χ3n) is 4.18. The average molecular weight is 299 g/mol. The second-order valence-electron chi connectivity index (χ2n) is 7.05. The standard InChI is InChI=1S/C16H33N3O2/c1-12(2)9-15(17)16(21)18(4)11-14-5-7-19(8-6-14)10-13(3)20/h12-15,20H,5-11,17H2,1-4H3/t13?,15-/m0/s1. The van der Waals surface area contributed by atoms with Crippen molar-refractivity contribution in [2.75, 3.05) is 33.2 Å². The van der Waals surface area contributed by atoms with E-state index >= 15 is 0 Å². The van der Waals surface area contributed by atoms with Crippen LogP contribution in [0.15, 0.2) is 0 Å². The zero-order valence-corrected chi connectivity index (χ0v) is 14.1. The van der Waals surface area contributed by atoms with Gasteiger partial charge < -0.3 is 20.6 Å². The lowest BCUT2D eigenvalue weighted by atomic mass is 9.95. The molecule has 0 saturated carbocycles. The number of hydrogen-bond acceptors (Lipinski definition) is 4. The Kier molecular flexibility index (Phi) is 7.63. The number of likely N-dealkylation sites (tertiary alicyclic amines) is 1. The summed E-state index contributed by atoms with van der Waals surface area (Å²) in [5.41, 5.74) is 5.97. The van der Waals surface area contributed by atoms with Crippen molar-refractivity contribution >= 4 is 5.91 Å². The molecule has 0 aromatic heterocycles. The van der Waals surface area contributed by atoms with E-state index in [1.165, 1.54) is 0 Å². The van der Waals surface area contributed by atoms with Gasteiger partial charge in [0.1, 0.15) is 0 Å². The summed E-state index contributed by atoms with van der Waals surface area (Å²) in [7, 11) is 1.87. The lowest BCUT2D eigenvalue weighted by molar-refractivity contribution is -0.132. The van der Waals surface area contributed by atoms with E-state index in [2.05, 4.69) is 18.7 Å². The van der Waals surface area contributed by atoms with Crippen molar-refractivity contribution in [2.45, 2.75) is 52.2 Å². The van der Waals surface area contributed by atoms with Gasteiger partial charge >= 0.3 is 0 Å². The molecule has 0 aromatic rings. The van der Waals surface area contributed by atoms with Gasteiger partial charge in [-0.1, -0.05) is 13.8 Å². The summed E-state index contributed by atoms with van der Waals surface area (Å²) < 4.78 is 0. The van der Waals surface area contributed by atoms with Gasteiger partial charge in [0, 0.05) is 20.1 Å². The van der Waals surface area contributed by atoms with Crippen LogP contribution in [0.4, 0.5) is 0 Å². The first kappa shape index (κ1) is 18.4. The largest absolute Gasteiger partial charge is 0.392 e. The van der Waals surface area contributed by atoms with Crippen LogP contribution >= 0.6 is 0 Å². The highest BCUT2D eigenvalue weighted by molar-refractivity contribution is 5.81. The second kappa shape index (κ2) is 8.71. The minimum atomic E-state index is -0.370. The summed E-state index contributed by atoms with van der Waals surface area (Å²) in [5, 5.41) is 9.41. The Morgan fingerprint density at radius 3 is 2.38 bits per heavy atom. The van der Waals surface area contributed by atoms with E-state index in [0.29, 0.717) is 11.8 Å². The number of aliphatic hydroxyl groups excluding tert-OH is 1. The third-order valence-corrected chi connectivity index (χ3v) is 4.18. The molecule has 5 heteroatoms. The van der Waals surface area contributed by atoms with Crippen molar-refractivity contribution in [2.24, 2.45) is 17.6 Å². The molecular weight excluding hydrogens is 266 g/mol. The molecule has 2 atom stereocenters. The van der Waals surface area contributed by atoms with Crippen LogP contribution in [0.25, 0.3) is 0 Å². The molecule has 5 nitrogen and oxygen atoms in total. The van der Waals surface area contributed by atoms with Crippen molar-refractivity contribution in [3.05, 3.63) is 0 Å². The average Bonchev–Trinajstić information content (AvgIpc) is 2.38. The van der Waals surface area contributed by atoms with E-state index in [0.717, 1.165) is 45.4 Å². The number of hydrogen-bond donors (Lipinski definition) is 2. The van der Waals surface area contributed by atoms with Gasteiger partial charge in [0.15, 0.2) is 0 Å². The van der Waals surface area contributed by atoms with E-state index < -0.39 is 0 Å². The van der Waals surface area contributed by atoms with Crippen LogP contribution < -0.4 is 5.73 Å². The molecule has 124 valence electrons. The van der Waals surface area contributed by atoms with Crippen molar-refractivity contribution in [3.8, 4) is 0 Å². The van der Waals surface area contributed by atoms with Gasteiger partial charge in [-0.2, -0.15) is 0 Å². The van der Waals surface area contributed by atoms with Gasteiger partial charge in [-0.25, -0.2) is 0 Å². The number of nitrogens with zero attached hydrogens (tertiary/aromatic N) is 2. The number of rotatable bonds is 7. The second-order valence-corrected chi connectivity index (χ2v) is 7.05. The summed E-state index contributed by atoms with van der Waals surface area (Å²) >= 11 is 0. The van der Waals surface area contributed by atoms with Gasteiger partial charge in [0.05, 0.1) is 12.1 Å². The Balaban J connectivity index is 2.32. The van der Waals surface area contributed by atoms with Crippen LogP contribution in [-0.4, -0.2) is 66.2 Å². The van der Waals surface area contributed by atoms with Crippen LogP contribution in [0.1, 0.15) is 40.0 Å². The van der Waals surface area contributed by atoms with Crippen LogP contribution in [0, 0.1) is 11.8 Å². The number of carbonyl (C=O) groups is 1. The lowest BCUT2D eigenvalue weighted by Gasteiger charge is -2.35. The monoisotopic (exact) mass is 299 g/mol. The quantitative estimate of drug-likeness (QED) is 0.733. The van der Waals surface area contributed by atoms with E-state index in [-0.39, 0.29) is 18.1 Å². The number of likely N-dealkylation sites (N-methyl/N-ethyl adjacent to an activating group) is 1. The van der Waals surface area contributed by atoms with Gasteiger partial charge in [-0.15, -0.1) is 0 Å². The van der Waals surface area contributed by atoms with Crippen molar-refractivity contribution < 1.29 is 9.90 Å². The first-order valence-electron chi connectivity index (χ1n) is 8.20. The van der Waals surface area contributed by atoms with Crippen LogP contribution in [0.2, 0.25) is 0 Å². The van der Waals surface area contributed by atoms with E-state index in [1.54, 1.807) is 0 Å². The Morgan fingerprint density at radius 2 is 1.90 bits per heavy atom. The zero-order chi connectivity index (χ0) is 16.0. The molecule has 3 N–H and O–H groups in total. The molecule has 1 fully saturated rings. The minimum Gasteiger partial charge on any atom is -0.392 e. The Bertz CT molecular complexity index is 313. The molecule has 21 heavy (non-hydrogen) atoms. The van der Waals surface area contributed by atoms with Crippen LogP contribution in [0.3, 0.4) is 0 Å². The molecule has 1 rings (SSSR count). The number of β-amino-alcohol motifs (C(OH)–C–C–N with tert-alkyl or cyclic N) is 1. The normalized spacial score (nSPS) is 20.5. The Hall–Kier alpha value is -0.650. The van der Waals surface area contributed by atoms with Gasteiger partial charge in [-0.3, -0.25) is 4.79 Å². The minimum absolute atomic E-state index is 0.0649. The molecule has 1 amide bonds. The maximum absolute atomic E-state index is 12.2. The van der Waals surface area contributed by atoms with E-state index in [1.807, 2.05) is 18.9 Å². The first-order chi connectivity index (χ1) is 9.79. The molecule has 0 radical (unpaired) electrons. The molecular formula is C16H33N3O2. The van der Waals surface area contributed by atoms with Crippen molar-refractivity contribution in [1.82, 2.24) is 9.80 Å². The smallest absolute Gasteiger partial charge is 0.239 e. The molecule has 1 aliphatic rings. The fraction of sp³-hybridized carbons (Fsp3) is 0.938. The highest BCUT2D eigenvalue weighted by atomic mass is 16.3. The highest BCUT2D eigenvalue weighted by Gasteiger charge is 2.25. The summed E-state index contributed by atoms with van der Waals surface area (Å²) in [5.74, 6) is 1.06. The molecule has 0 spiro atoms. The predicted molar refractivity (Wildman–Crippen MR) is 85.9 cm³/mol. The molecule has 0 aliphatic carbocycles. The number of nitrogens with two attached hydrogens (primary N) is 1. The molecule has 1 unspecified atom stereocenters. The van der Waals surface area contributed by atoms with Crippen molar-refractivity contribution in [3.63, 3.8) is 0 Å². The Morgan fingerprint density at radius 1 is 1.33 bits per heavy atom. The van der Waals surface area contributed by atoms with Crippen LogP contribution in [-0.2, 0) is 4.79 Å². The van der Waals surface area contributed by atoms with E-state index in [4.69, 9.17) is 5.73 Å². The Labute approximate surface area is 129 Å². The SMILES string of the molecule is CC(C)C[C@H](N)C(=O)N(C)CC1CCN(CC(C)O)CC1. The number of carbonyl (C=O) groups excluding carboxylic acids is 1. The maximum atomic E-state index is 12.2. The predicted octanol–water partition coefficient (Wildman–Crippen LogP) is 0.911. The lowest BCUT2D eigenvalue weighted by Crippen LogP contribution is -2.46. The summed E-state index contributed by atoms with van der Waals surface area (Å²) in [4.78, 5) is 16.3. The highest BCUT2D eigenvalue weighted by Crippen LogP contribution is 2.18. The van der Waals surface area contributed by atoms with Gasteiger partial charge in [-0.05, 0) is 51.1 Å². The van der Waals surface area contributed by atoms with E-state index in [9.17, 15) is 9.90 Å². The molecule has 0 aromatic carbocycles. The molecule has 0 bridgehead atoms. The molecule has 1 aliphatic heterocycles. The number of piperidine rings is 1. The number of aliphatic hydroxyl groups is 1.